The van der Waals surface area contributed by atoms with E-state index in [4.69, 9.17) is 0 Å². The minimum atomic E-state index is -0.466. The van der Waals surface area contributed by atoms with Gasteiger partial charge >= 0.3 is 0 Å². The molecule has 2 heterocycles. The van der Waals surface area contributed by atoms with Gasteiger partial charge in [-0.1, -0.05) is 6.92 Å². The minimum Gasteiger partial charge on any atom is -0.316 e. The number of benzene rings is 1. The van der Waals surface area contributed by atoms with Crippen LogP contribution in [0.5, 0.6) is 0 Å². The maximum absolute atomic E-state index is 13.7. The summed E-state index contributed by atoms with van der Waals surface area (Å²) >= 11 is 0. The molecule has 2 nitrogen and oxygen atoms in total. The van der Waals surface area contributed by atoms with Gasteiger partial charge in [-0.3, -0.25) is 4.90 Å². The van der Waals surface area contributed by atoms with Crippen molar-refractivity contribution in [2.45, 2.75) is 26.3 Å². The summed E-state index contributed by atoms with van der Waals surface area (Å²) in [5.74, 6) is -0.852. The Balaban J connectivity index is 1.75. The molecule has 0 aromatic heterocycles. The van der Waals surface area contributed by atoms with E-state index in [0.717, 1.165) is 37.8 Å². The van der Waals surface area contributed by atoms with E-state index in [1.54, 1.807) is 0 Å². The van der Waals surface area contributed by atoms with E-state index in [0.29, 0.717) is 23.9 Å². The number of fused-ring (bicyclic) bond motifs is 1. The van der Waals surface area contributed by atoms with Crippen LogP contribution in [0.15, 0.2) is 12.1 Å². The van der Waals surface area contributed by atoms with Crippen LogP contribution in [0, 0.1) is 17.0 Å². The van der Waals surface area contributed by atoms with Gasteiger partial charge < -0.3 is 5.32 Å². The van der Waals surface area contributed by atoms with Gasteiger partial charge in [0.25, 0.3) is 0 Å². The minimum absolute atomic E-state index is 0.295. The van der Waals surface area contributed by atoms with Crippen molar-refractivity contribution in [2.75, 3.05) is 26.2 Å². The van der Waals surface area contributed by atoms with E-state index >= 15 is 0 Å². The molecular weight excluding hydrogens is 246 g/mol. The molecule has 104 valence electrons. The largest absolute Gasteiger partial charge is 0.316 e. The third-order valence-electron chi connectivity index (χ3n) is 4.39. The highest BCUT2D eigenvalue weighted by Gasteiger charge is 2.32. The first-order valence-electron chi connectivity index (χ1n) is 6.96. The van der Waals surface area contributed by atoms with Gasteiger partial charge in [-0.05, 0) is 42.0 Å². The van der Waals surface area contributed by atoms with Crippen LogP contribution in [0.1, 0.15) is 24.5 Å². The monoisotopic (exact) mass is 266 g/mol. The van der Waals surface area contributed by atoms with Gasteiger partial charge in [0.15, 0.2) is 0 Å². The van der Waals surface area contributed by atoms with E-state index in [1.165, 1.54) is 12.5 Å². The Kier molecular flexibility index (Phi) is 3.31. The van der Waals surface area contributed by atoms with E-state index in [-0.39, 0.29) is 5.82 Å². The third-order valence-corrected chi connectivity index (χ3v) is 4.39. The summed E-state index contributed by atoms with van der Waals surface area (Å²) in [5.41, 5.74) is 1.81. The molecule has 1 fully saturated rings. The highest BCUT2D eigenvalue weighted by Crippen LogP contribution is 2.29. The Hall–Kier alpha value is -1.00. The zero-order valence-corrected chi connectivity index (χ0v) is 11.3. The molecule has 19 heavy (non-hydrogen) atoms. The Labute approximate surface area is 112 Å². The fraction of sp³-hybridized carbons (Fsp3) is 0.600. The molecule has 0 aliphatic carbocycles. The topological polar surface area (TPSA) is 15.3 Å². The van der Waals surface area contributed by atoms with E-state index < -0.39 is 5.82 Å². The number of halogens is 2. The first-order valence-corrected chi connectivity index (χ1v) is 6.96. The lowest BCUT2D eigenvalue weighted by Gasteiger charge is -2.35. The molecule has 2 aliphatic heterocycles. The molecule has 1 atom stereocenters. The zero-order chi connectivity index (χ0) is 13.5. The summed E-state index contributed by atoms with van der Waals surface area (Å²) in [7, 11) is 0. The normalized spacial score (nSPS) is 27.5. The Morgan fingerprint density at radius 1 is 1.37 bits per heavy atom. The van der Waals surface area contributed by atoms with E-state index in [9.17, 15) is 8.78 Å². The van der Waals surface area contributed by atoms with Gasteiger partial charge in [0, 0.05) is 32.2 Å². The first-order chi connectivity index (χ1) is 9.06. The van der Waals surface area contributed by atoms with Crippen LogP contribution >= 0.6 is 0 Å². The summed E-state index contributed by atoms with van der Waals surface area (Å²) in [5, 5.41) is 3.39. The van der Waals surface area contributed by atoms with Gasteiger partial charge in [0.05, 0.1) is 0 Å². The average Bonchev–Trinajstić information content (AvgIpc) is 2.75. The Bertz CT molecular complexity index is 481. The van der Waals surface area contributed by atoms with Gasteiger partial charge in [0.1, 0.15) is 11.6 Å². The highest BCUT2D eigenvalue weighted by atomic mass is 19.1. The molecule has 1 aromatic rings. The lowest BCUT2D eigenvalue weighted by atomic mass is 9.88. The SMILES string of the molecule is CC1(CN2CCc3c(F)cc(F)cc3C2)CCNC1. The molecule has 3 rings (SSSR count). The first kappa shape index (κ1) is 13.0. The fourth-order valence-electron chi connectivity index (χ4n) is 3.35. The van der Waals surface area contributed by atoms with Crippen LogP contribution in [0.4, 0.5) is 8.78 Å². The molecule has 1 N–H and O–H groups in total. The van der Waals surface area contributed by atoms with Crippen molar-refractivity contribution < 1.29 is 8.78 Å². The van der Waals surface area contributed by atoms with Gasteiger partial charge in [-0.2, -0.15) is 0 Å². The Morgan fingerprint density at radius 2 is 2.21 bits per heavy atom. The molecular formula is C15H20F2N2. The predicted molar refractivity (Wildman–Crippen MR) is 70.9 cm³/mol. The van der Waals surface area contributed by atoms with Crippen molar-refractivity contribution in [3.8, 4) is 0 Å². The second-order valence-electron chi connectivity index (χ2n) is 6.22. The van der Waals surface area contributed by atoms with Crippen LogP contribution in [-0.4, -0.2) is 31.1 Å². The Morgan fingerprint density at radius 3 is 2.95 bits per heavy atom. The lowest BCUT2D eigenvalue weighted by molar-refractivity contribution is 0.163. The van der Waals surface area contributed by atoms with Crippen molar-refractivity contribution in [1.82, 2.24) is 10.2 Å². The third kappa shape index (κ3) is 2.65. The van der Waals surface area contributed by atoms with E-state index in [1.807, 2.05) is 0 Å². The highest BCUT2D eigenvalue weighted by molar-refractivity contribution is 5.31. The quantitative estimate of drug-likeness (QED) is 0.884. The summed E-state index contributed by atoms with van der Waals surface area (Å²) in [6, 6.07) is 2.48. The molecule has 1 saturated heterocycles. The molecule has 0 bridgehead atoms. The lowest BCUT2D eigenvalue weighted by Crippen LogP contribution is -2.40. The standard InChI is InChI=1S/C15H20F2N2/c1-15(3-4-18-9-15)10-19-5-2-13-11(8-19)6-12(16)7-14(13)17/h6-7,18H,2-5,8-10H2,1H3. The smallest absolute Gasteiger partial charge is 0.129 e. The van der Waals surface area contributed by atoms with Crippen molar-refractivity contribution in [1.29, 1.82) is 0 Å². The number of nitrogens with zero attached hydrogens (tertiary/aromatic N) is 1. The molecule has 0 spiro atoms. The summed E-state index contributed by atoms with van der Waals surface area (Å²) in [6.07, 6.45) is 1.86. The molecule has 0 radical (unpaired) electrons. The zero-order valence-electron chi connectivity index (χ0n) is 11.3. The predicted octanol–water partition coefficient (Wildman–Crippen LogP) is 2.32. The molecule has 1 unspecified atom stereocenters. The summed E-state index contributed by atoms with van der Waals surface area (Å²) in [6.45, 7) is 6.93. The second-order valence-corrected chi connectivity index (χ2v) is 6.22. The molecule has 4 heteroatoms. The number of hydrogen-bond acceptors (Lipinski definition) is 2. The van der Waals surface area contributed by atoms with Gasteiger partial charge in [-0.15, -0.1) is 0 Å². The molecule has 0 amide bonds. The summed E-state index contributed by atoms with van der Waals surface area (Å²) in [4.78, 5) is 2.33. The number of hydrogen-bond donors (Lipinski definition) is 1. The molecule has 0 saturated carbocycles. The number of rotatable bonds is 2. The van der Waals surface area contributed by atoms with Gasteiger partial charge in [-0.25, -0.2) is 8.78 Å². The van der Waals surface area contributed by atoms with E-state index in [2.05, 4.69) is 17.1 Å². The number of nitrogens with one attached hydrogen (secondary N) is 1. The fourth-order valence-corrected chi connectivity index (χ4v) is 3.35. The van der Waals surface area contributed by atoms with Crippen molar-refractivity contribution in [2.24, 2.45) is 5.41 Å². The second kappa shape index (κ2) is 4.84. The summed E-state index contributed by atoms with van der Waals surface area (Å²) < 4.78 is 27.0. The van der Waals surface area contributed by atoms with Crippen LogP contribution < -0.4 is 5.32 Å². The maximum atomic E-state index is 13.7. The molecule has 1 aromatic carbocycles. The van der Waals surface area contributed by atoms with Gasteiger partial charge in [0.2, 0.25) is 0 Å². The van der Waals surface area contributed by atoms with Crippen LogP contribution in [0.3, 0.4) is 0 Å². The van der Waals surface area contributed by atoms with Crippen LogP contribution in [-0.2, 0) is 13.0 Å². The van der Waals surface area contributed by atoms with Crippen molar-refractivity contribution >= 4 is 0 Å². The maximum Gasteiger partial charge on any atom is 0.129 e. The van der Waals surface area contributed by atoms with Crippen molar-refractivity contribution in [3.63, 3.8) is 0 Å². The van der Waals surface area contributed by atoms with Crippen molar-refractivity contribution in [3.05, 3.63) is 34.9 Å². The van der Waals surface area contributed by atoms with Crippen LogP contribution in [0.2, 0.25) is 0 Å². The van der Waals surface area contributed by atoms with Crippen LogP contribution in [0.25, 0.3) is 0 Å². The molecule has 2 aliphatic rings. The average molecular weight is 266 g/mol.